The third kappa shape index (κ3) is 4.29. The van der Waals surface area contributed by atoms with Crippen molar-refractivity contribution in [1.82, 2.24) is 0 Å². The Morgan fingerprint density at radius 1 is 1.00 bits per heavy atom. The van der Waals surface area contributed by atoms with E-state index in [9.17, 15) is 4.21 Å². The van der Waals surface area contributed by atoms with Crippen LogP contribution in [0.4, 0.5) is 0 Å². The molecule has 26 heavy (non-hydrogen) atoms. The van der Waals surface area contributed by atoms with Crippen molar-refractivity contribution in [3.8, 4) is 5.75 Å². The van der Waals surface area contributed by atoms with Crippen LogP contribution >= 0.6 is 0 Å². The molecule has 0 N–H and O–H groups in total. The Balaban J connectivity index is 1.76. The van der Waals surface area contributed by atoms with Crippen molar-refractivity contribution >= 4 is 22.2 Å². The summed E-state index contributed by atoms with van der Waals surface area (Å²) in [5.41, 5.74) is 3.06. The van der Waals surface area contributed by atoms with Gasteiger partial charge in [-0.15, -0.1) is 0 Å². The van der Waals surface area contributed by atoms with Crippen molar-refractivity contribution in [2.75, 3.05) is 0 Å². The molecule has 2 unspecified atom stereocenters. The first kappa shape index (κ1) is 19.0. The predicted octanol–water partition coefficient (Wildman–Crippen LogP) is 6.54. The highest BCUT2D eigenvalue weighted by Crippen LogP contribution is 2.43. The minimum Gasteiger partial charge on any atom is -0.456 e. The van der Waals surface area contributed by atoms with E-state index in [0.717, 1.165) is 12.0 Å². The molecule has 0 radical (unpaired) electrons. The topological polar surface area (TPSA) is 39.4 Å². The maximum Gasteiger partial charge on any atom is 0.244 e. The summed E-state index contributed by atoms with van der Waals surface area (Å²) in [4.78, 5) is 0.590. The maximum absolute atomic E-state index is 12.4. The van der Waals surface area contributed by atoms with E-state index in [1.807, 2.05) is 24.3 Å². The molecule has 0 fully saturated rings. The Kier molecular flexibility index (Phi) is 4.91. The monoisotopic (exact) mass is 372 g/mol. The molecule has 4 heteroatoms. The van der Waals surface area contributed by atoms with Crippen LogP contribution in [0.3, 0.4) is 0 Å². The summed E-state index contributed by atoms with van der Waals surface area (Å²) in [5, 5.41) is 0. The molecular weight excluding hydrogens is 344 g/mol. The molecule has 0 aliphatic carbocycles. The van der Waals surface area contributed by atoms with E-state index >= 15 is 0 Å². The molecule has 2 atom stereocenters. The van der Waals surface area contributed by atoms with Crippen LogP contribution in [0.25, 0.3) is 11.2 Å². The number of hydrogen-bond donors (Lipinski definition) is 0. The van der Waals surface area contributed by atoms with Gasteiger partial charge in [0, 0.05) is 6.07 Å². The molecule has 2 bridgehead atoms. The number of fused-ring (bicyclic) bond motifs is 2. The summed E-state index contributed by atoms with van der Waals surface area (Å²) in [6.45, 7) is 13.7. The van der Waals surface area contributed by atoms with Gasteiger partial charge >= 0.3 is 0 Å². The molecule has 0 aliphatic heterocycles. The highest BCUT2D eigenvalue weighted by atomic mass is 32.2. The number of hydrogen-bond acceptors (Lipinski definition) is 3. The minimum absolute atomic E-state index is 0.171. The molecule has 0 saturated carbocycles. The van der Waals surface area contributed by atoms with Gasteiger partial charge < -0.3 is 8.60 Å². The summed E-state index contributed by atoms with van der Waals surface area (Å²) in [5.74, 6) is 1.05. The lowest BCUT2D eigenvalue weighted by atomic mass is 9.69. The molecule has 0 spiro atoms. The van der Waals surface area contributed by atoms with Crippen LogP contribution < -0.4 is 4.18 Å². The van der Waals surface area contributed by atoms with Gasteiger partial charge in [0.25, 0.3) is 0 Å². The molecule has 1 aromatic carbocycles. The van der Waals surface area contributed by atoms with Gasteiger partial charge in [-0.05, 0) is 53.0 Å². The Hall–Kier alpha value is -1.81. The number of rotatable bonds is 5. The Labute approximate surface area is 158 Å². The second-order valence-corrected chi connectivity index (χ2v) is 10.4. The van der Waals surface area contributed by atoms with E-state index in [1.54, 1.807) is 6.07 Å². The molecular formula is C22H28O3S. The molecule has 3 aromatic rings. The molecule has 0 aliphatic rings. The first-order chi connectivity index (χ1) is 12.0. The molecule has 0 saturated heterocycles. The summed E-state index contributed by atoms with van der Waals surface area (Å²) in [6, 6.07) is 13.5. The average molecular weight is 373 g/mol. The SMILES string of the molecule is CC(C)(C)CC(c1ccc(OS(=O)c2cc3ccc2o3)cc1)C(C)(C)C. The zero-order valence-electron chi connectivity index (χ0n) is 16.5. The first-order valence-corrected chi connectivity index (χ1v) is 10.1. The van der Waals surface area contributed by atoms with Crippen LogP contribution in [0, 0.1) is 10.8 Å². The smallest absolute Gasteiger partial charge is 0.244 e. The van der Waals surface area contributed by atoms with E-state index in [2.05, 4.69) is 53.7 Å². The number of benzene rings is 2. The van der Waals surface area contributed by atoms with Crippen LogP contribution in [0.15, 0.2) is 51.8 Å². The van der Waals surface area contributed by atoms with Crippen LogP contribution in [-0.2, 0) is 11.1 Å². The molecule has 3 rings (SSSR count). The predicted molar refractivity (Wildman–Crippen MR) is 107 cm³/mol. The lowest BCUT2D eigenvalue weighted by Crippen LogP contribution is -2.23. The van der Waals surface area contributed by atoms with Gasteiger partial charge in [0.2, 0.25) is 11.1 Å². The second-order valence-electron chi connectivity index (χ2n) is 9.28. The fourth-order valence-electron chi connectivity index (χ4n) is 3.32. The lowest BCUT2D eigenvalue weighted by Gasteiger charge is -2.36. The van der Waals surface area contributed by atoms with Crippen LogP contribution in [-0.4, -0.2) is 4.21 Å². The van der Waals surface area contributed by atoms with E-state index in [0.29, 0.717) is 22.1 Å². The average Bonchev–Trinajstić information content (AvgIpc) is 3.15. The van der Waals surface area contributed by atoms with Gasteiger partial charge in [0.15, 0.2) is 0 Å². The fraction of sp³-hybridized carbons (Fsp3) is 0.455. The minimum atomic E-state index is -1.57. The van der Waals surface area contributed by atoms with Gasteiger partial charge in [-0.25, -0.2) is 4.21 Å². The van der Waals surface area contributed by atoms with Gasteiger partial charge in [-0.3, -0.25) is 0 Å². The van der Waals surface area contributed by atoms with Crippen LogP contribution in [0.1, 0.15) is 59.4 Å². The third-order valence-corrected chi connectivity index (χ3v) is 5.66. The Bertz CT molecular complexity index is 878. The highest BCUT2D eigenvalue weighted by Gasteiger charge is 2.30. The molecule has 0 amide bonds. The van der Waals surface area contributed by atoms with Gasteiger partial charge in [0.05, 0.1) is 0 Å². The first-order valence-electron chi connectivity index (χ1n) is 9.05. The van der Waals surface area contributed by atoms with Crippen molar-refractivity contribution in [1.29, 1.82) is 0 Å². The van der Waals surface area contributed by atoms with Gasteiger partial charge in [-0.2, -0.15) is 0 Å². The Morgan fingerprint density at radius 2 is 1.65 bits per heavy atom. The van der Waals surface area contributed by atoms with Crippen LogP contribution in [0.2, 0.25) is 0 Å². The van der Waals surface area contributed by atoms with E-state index in [-0.39, 0.29) is 10.8 Å². The number of furan rings is 2. The lowest BCUT2D eigenvalue weighted by molar-refractivity contribution is 0.229. The largest absolute Gasteiger partial charge is 0.456 e. The summed E-state index contributed by atoms with van der Waals surface area (Å²) in [7, 11) is 0. The zero-order valence-corrected chi connectivity index (χ0v) is 17.3. The van der Waals surface area contributed by atoms with Crippen molar-refractivity contribution in [2.45, 2.75) is 58.8 Å². The molecule has 140 valence electrons. The third-order valence-electron chi connectivity index (χ3n) is 4.64. The molecule has 2 aromatic heterocycles. The second kappa shape index (κ2) is 6.73. The van der Waals surface area contributed by atoms with Gasteiger partial charge in [-0.1, -0.05) is 53.7 Å². The maximum atomic E-state index is 12.4. The van der Waals surface area contributed by atoms with Crippen molar-refractivity contribution < 1.29 is 12.8 Å². The summed E-state index contributed by atoms with van der Waals surface area (Å²) < 4.78 is 23.5. The summed E-state index contributed by atoms with van der Waals surface area (Å²) in [6.07, 6.45) is 1.11. The van der Waals surface area contributed by atoms with Crippen molar-refractivity contribution in [3.05, 3.63) is 48.0 Å². The normalized spacial score (nSPS) is 15.3. The Morgan fingerprint density at radius 3 is 2.12 bits per heavy atom. The van der Waals surface area contributed by atoms with E-state index in [1.165, 1.54) is 5.56 Å². The standard InChI is InChI=1S/C22H28O3S/c1-21(2,3)14-18(22(4,5)6)15-7-9-16(10-8-15)25-26(23)20-13-17-11-12-19(20)24-17/h7-13,18H,14H2,1-6H3. The molecule has 3 nitrogen and oxygen atoms in total. The van der Waals surface area contributed by atoms with Crippen LogP contribution in [0.5, 0.6) is 5.75 Å². The van der Waals surface area contributed by atoms with E-state index < -0.39 is 11.1 Å². The zero-order chi connectivity index (χ0) is 19.1. The fourth-order valence-corrected chi connectivity index (χ4v) is 4.18. The van der Waals surface area contributed by atoms with Gasteiger partial charge in [0.1, 0.15) is 21.8 Å². The quantitative estimate of drug-likeness (QED) is 0.510. The van der Waals surface area contributed by atoms with E-state index in [4.69, 9.17) is 8.60 Å². The van der Waals surface area contributed by atoms with Crippen molar-refractivity contribution in [3.63, 3.8) is 0 Å². The molecule has 2 heterocycles. The van der Waals surface area contributed by atoms with Crippen molar-refractivity contribution in [2.24, 2.45) is 10.8 Å². The highest BCUT2D eigenvalue weighted by molar-refractivity contribution is 7.80. The summed E-state index contributed by atoms with van der Waals surface area (Å²) >= 11 is -1.57.